The van der Waals surface area contributed by atoms with Crippen LogP contribution in [0.1, 0.15) is 20.3 Å². The molecule has 0 aromatic rings. The topological polar surface area (TPSA) is 49.4 Å². The van der Waals surface area contributed by atoms with E-state index in [1.807, 2.05) is 13.8 Å². The van der Waals surface area contributed by atoms with Gasteiger partial charge in [-0.05, 0) is 13.3 Å². The third kappa shape index (κ3) is 2.93. The van der Waals surface area contributed by atoms with E-state index in [0.717, 1.165) is 6.54 Å². The van der Waals surface area contributed by atoms with Crippen molar-refractivity contribution < 1.29 is 8.42 Å². The van der Waals surface area contributed by atoms with Crippen LogP contribution in [0.3, 0.4) is 0 Å². The molecule has 1 saturated heterocycles. The summed E-state index contributed by atoms with van der Waals surface area (Å²) in [5, 5.41) is 3.22. The summed E-state index contributed by atoms with van der Waals surface area (Å²) >= 11 is 0. The maximum atomic E-state index is 11.6. The van der Waals surface area contributed by atoms with Gasteiger partial charge >= 0.3 is 0 Å². The van der Waals surface area contributed by atoms with Gasteiger partial charge in [0.15, 0.2) is 0 Å². The molecule has 0 bridgehead atoms. The molecule has 0 aliphatic carbocycles. The Bertz CT molecular complexity index is 251. The van der Waals surface area contributed by atoms with Crippen LogP contribution < -0.4 is 5.32 Å². The van der Waals surface area contributed by atoms with Crippen molar-refractivity contribution in [2.75, 3.05) is 25.4 Å². The van der Waals surface area contributed by atoms with Crippen LogP contribution in [-0.4, -0.2) is 44.2 Å². The molecule has 78 valence electrons. The predicted octanol–water partition coefficient (Wildman–Crippen LogP) is 0.0199. The monoisotopic (exact) mass is 206 g/mol. The zero-order chi connectivity index (χ0) is 9.90. The fraction of sp³-hybridized carbons (Fsp3) is 1.00. The summed E-state index contributed by atoms with van der Waals surface area (Å²) in [5.41, 5.74) is 0. The molecule has 0 saturated carbocycles. The second-order valence-corrected chi connectivity index (χ2v) is 5.62. The van der Waals surface area contributed by atoms with Gasteiger partial charge in [0.05, 0.1) is 5.75 Å². The van der Waals surface area contributed by atoms with Crippen molar-refractivity contribution in [2.24, 2.45) is 0 Å². The third-order valence-corrected chi connectivity index (χ3v) is 4.23. The molecule has 0 aromatic heterocycles. The van der Waals surface area contributed by atoms with E-state index in [9.17, 15) is 8.42 Å². The third-order valence-electron chi connectivity index (χ3n) is 2.19. The summed E-state index contributed by atoms with van der Waals surface area (Å²) in [6.07, 6.45) is 0.695. The van der Waals surface area contributed by atoms with Gasteiger partial charge in [0, 0.05) is 25.7 Å². The minimum atomic E-state index is -2.97. The normalized spacial score (nSPS) is 26.2. The van der Waals surface area contributed by atoms with E-state index in [-0.39, 0.29) is 11.8 Å². The van der Waals surface area contributed by atoms with Crippen LogP contribution in [0.5, 0.6) is 0 Å². The summed E-state index contributed by atoms with van der Waals surface area (Å²) in [6.45, 7) is 5.90. The highest BCUT2D eigenvalue weighted by Gasteiger charge is 2.25. The molecule has 4 nitrogen and oxygen atoms in total. The van der Waals surface area contributed by atoms with Gasteiger partial charge in [-0.15, -0.1) is 0 Å². The summed E-state index contributed by atoms with van der Waals surface area (Å²) in [4.78, 5) is 0. The lowest BCUT2D eigenvalue weighted by Gasteiger charge is -2.30. The Kier molecular flexibility index (Phi) is 3.70. The van der Waals surface area contributed by atoms with Gasteiger partial charge in [-0.1, -0.05) is 6.92 Å². The van der Waals surface area contributed by atoms with Gasteiger partial charge in [-0.2, -0.15) is 4.31 Å². The quantitative estimate of drug-likeness (QED) is 0.708. The van der Waals surface area contributed by atoms with Crippen molar-refractivity contribution in [3.05, 3.63) is 0 Å². The zero-order valence-electron chi connectivity index (χ0n) is 8.28. The summed E-state index contributed by atoms with van der Waals surface area (Å²) < 4.78 is 24.9. The Labute approximate surface area is 80.4 Å². The van der Waals surface area contributed by atoms with E-state index in [1.165, 1.54) is 0 Å². The minimum absolute atomic E-state index is 0.277. The van der Waals surface area contributed by atoms with Crippen LogP contribution in [0.25, 0.3) is 0 Å². The molecule has 1 heterocycles. The Balaban J connectivity index is 2.60. The summed E-state index contributed by atoms with van der Waals surface area (Å²) in [6, 6.07) is 0.278. The first-order valence-electron chi connectivity index (χ1n) is 4.77. The summed E-state index contributed by atoms with van der Waals surface area (Å²) in [7, 11) is -2.97. The molecule has 0 radical (unpaired) electrons. The molecule has 5 heteroatoms. The maximum absolute atomic E-state index is 11.6. The number of hydrogen-bond donors (Lipinski definition) is 1. The molecule has 1 rings (SSSR count). The number of rotatable bonds is 3. The Morgan fingerprint density at radius 3 is 2.77 bits per heavy atom. The first kappa shape index (κ1) is 10.9. The molecule has 1 aliphatic rings. The van der Waals surface area contributed by atoms with Crippen molar-refractivity contribution in [2.45, 2.75) is 26.3 Å². The van der Waals surface area contributed by atoms with Crippen molar-refractivity contribution in [1.29, 1.82) is 0 Å². The smallest absolute Gasteiger partial charge is 0.214 e. The molecular weight excluding hydrogens is 188 g/mol. The highest BCUT2D eigenvalue weighted by atomic mass is 32.2. The van der Waals surface area contributed by atoms with Gasteiger partial charge < -0.3 is 5.32 Å². The van der Waals surface area contributed by atoms with Crippen LogP contribution in [0.15, 0.2) is 0 Å². The SMILES string of the molecule is CCCS(=O)(=O)N1CCN[C@H](C)C1. The van der Waals surface area contributed by atoms with E-state index in [0.29, 0.717) is 19.5 Å². The molecule has 1 aliphatic heterocycles. The molecule has 0 spiro atoms. The molecular formula is C8H18N2O2S. The van der Waals surface area contributed by atoms with Crippen LogP contribution >= 0.6 is 0 Å². The van der Waals surface area contributed by atoms with Crippen LogP contribution in [-0.2, 0) is 10.0 Å². The van der Waals surface area contributed by atoms with E-state index >= 15 is 0 Å². The highest BCUT2D eigenvalue weighted by Crippen LogP contribution is 2.07. The molecule has 0 amide bonds. The van der Waals surface area contributed by atoms with Gasteiger partial charge in [0.1, 0.15) is 0 Å². The Morgan fingerprint density at radius 1 is 1.54 bits per heavy atom. The van der Waals surface area contributed by atoms with Crippen molar-refractivity contribution in [1.82, 2.24) is 9.62 Å². The predicted molar refractivity (Wildman–Crippen MR) is 53.1 cm³/mol. The molecule has 1 atom stereocenters. The van der Waals surface area contributed by atoms with Crippen LogP contribution in [0, 0.1) is 0 Å². The average molecular weight is 206 g/mol. The van der Waals surface area contributed by atoms with Gasteiger partial charge in [0.2, 0.25) is 10.0 Å². The number of sulfonamides is 1. The molecule has 1 N–H and O–H groups in total. The zero-order valence-corrected chi connectivity index (χ0v) is 9.10. The Hall–Kier alpha value is -0.130. The number of nitrogens with one attached hydrogen (secondary N) is 1. The average Bonchev–Trinajstić information content (AvgIpc) is 2.04. The number of piperazine rings is 1. The molecule has 0 aromatic carbocycles. The number of hydrogen-bond acceptors (Lipinski definition) is 3. The van der Waals surface area contributed by atoms with Gasteiger partial charge in [-0.25, -0.2) is 8.42 Å². The highest BCUT2D eigenvalue weighted by molar-refractivity contribution is 7.89. The second kappa shape index (κ2) is 4.39. The lowest BCUT2D eigenvalue weighted by atomic mass is 10.3. The van der Waals surface area contributed by atoms with E-state index in [2.05, 4.69) is 5.32 Å². The maximum Gasteiger partial charge on any atom is 0.214 e. The number of nitrogens with zero attached hydrogens (tertiary/aromatic N) is 1. The van der Waals surface area contributed by atoms with Crippen molar-refractivity contribution in [3.63, 3.8) is 0 Å². The second-order valence-electron chi connectivity index (χ2n) is 3.53. The van der Waals surface area contributed by atoms with Crippen molar-refractivity contribution in [3.8, 4) is 0 Å². The van der Waals surface area contributed by atoms with E-state index < -0.39 is 10.0 Å². The standard InChI is InChI=1S/C8H18N2O2S/c1-3-6-13(11,12)10-5-4-9-8(2)7-10/h8-9H,3-7H2,1-2H3/t8-/m1/s1. The first-order chi connectivity index (χ1) is 6.06. The Morgan fingerprint density at radius 2 is 2.23 bits per heavy atom. The van der Waals surface area contributed by atoms with Crippen LogP contribution in [0.4, 0.5) is 0 Å². The summed E-state index contributed by atoms with van der Waals surface area (Å²) in [5.74, 6) is 0.277. The molecule has 0 unspecified atom stereocenters. The lowest BCUT2D eigenvalue weighted by Crippen LogP contribution is -2.51. The molecule has 1 fully saturated rings. The largest absolute Gasteiger partial charge is 0.312 e. The molecule has 13 heavy (non-hydrogen) atoms. The lowest BCUT2D eigenvalue weighted by molar-refractivity contribution is 0.310. The van der Waals surface area contributed by atoms with E-state index in [1.54, 1.807) is 4.31 Å². The first-order valence-corrected chi connectivity index (χ1v) is 6.38. The van der Waals surface area contributed by atoms with Crippen molar-refractivity contribution >= 4 is 10.0 Å². The fourth-order valence-corrected chi connectivity index (χ4v) is 3.13. The van der Waals surface area contributed by atoms with Gasteiger partial charge in [0.25, 0.3) is 0 Å². The van der Waals surface area contributed by atoms with E-state index in [4.69, 9.17) is 0 Å². The van der Waals surface area contributed by atoms with Gasteiger partial charge in [-0.3, -0.25) is 0 Å². The minimum Gasteiger partial charge on any atom is -0.312 e. The van der Waals surface area contributed by atoms with Crippen LogP contribution in [0.2, 0.25) is 0 Å². The fourth-order valence-electron chi connectivity index (χ4n) is 1.54.